The molecule has 2 aliphatic rings. The number of aliphatic imine (C=N–C) groups is 1. The lowest BCUT2D eigenvalue weighted by molar-refractivity contribution is -0.124. The maximum Gasteiger partial charge on any atom is 0.212 e. The quantitative estimate of drug-likeness (QED) is 0.773. The molecule has 0 aromatic rings. The zero-order valence-electron chi connectivity index (χ0n) is 13.4. The van der Waals surface area contributed by atoms with E-state index in [4.69, 9.17) is 9.73 Å². The highest BCUT2D eigenvalue weighted by molar-refractivity contribution is 5.98. The van der Waals surface area contributed by atoms with Gasteiger partial charge >= 0.3 is 0 Å². The Bertz CT molecular complexity index is 508. The molecule has 0 spiro atoms. The van der Waals surface area contributed by atoms with Gasteiger partial charge in [-0.25, -0.2) is 4.99 Å². The minimum absolute atomic E-state index is 0.0856. The van der Waals surface area contributed by atoms with Gasteiger partial charge in [0, 0.05) is 11.5 Å². The highest BCUT2D eigenvalue weighted by atomic mass is 16.5. The molecule has 0 radical (unpaired) electrons. The minimum Gasteiger partial charge on any atom is -0.475 e. The van der Waals surface area contributed by atoms with Crippen LogP contribution >= 0.6 is 0 Å². The number of ketones is 1. The van der Waals surface area contributed by atoms with E-state index in [9.17, 15) is 4.79 Å². The van der Waals surface area contributed by atoms with Crippen molar-refractivity contribution in [1.82, 2.24) is 0 Å². The molecule has 0 N–H and O–H groups in total. The molecule has 0 amide bonds. The van der Waals surface area contributed by atoms with Crippen molar-refractivity contribution in [3.8, 4) is 0 Å². The van der Waals surface area contributed by atoms with Crippen LogP contribution in [-0.2, 0) is 9.53 Å². The van der Waals surface area contributed by atoms with Crippen LogP contribution in [0.3, 0.4) is 0 Å². The number of rotatable bonds is 2. The second kappa shape index (κ2) is 4.87. The predicted molar refractivity (Wildman–Crippen MR) is 81.8 cm³/mol. The molecule has 1 aliphatic heterocycles. The van der Waals surface area contributed by atoms with Crippen LogP contribution in [-0.4, -0.2) is 24.3 Å². The zero-order chi connectivity index (χ0) is 15.1. The Morgan fingerprint density at radius 3 is 2.60 bits per heavy atom. The van der Waals surface area contributed by atoms with Crippen molar-refractivity contribution in [2.75, 3.05) is 6.61 Å². The van der Waals surface area contributed by atoms with Gasteiger partial charge in [0.15, 0.2) is 0 Å². The molecule has 3 nitrogen and oxygen atoms in total. The standard InChI is InChI=1S/C17H25NO2/c1-11-13(8-7-9-17(11,6)12(2)19)15-18-14(10-20-15)16(3,4)5/h7-9,11,14H,10H2,1-6H3/t11-,14-,17+/m1/s1. The smallest absolute Gasteiger partial charge is 0.212 e. The Morgan fingerprint density at radius 2 is 2.10 bits per heavy atom. The number of carbonyl (C=O) groups is 1. The van der Waals surface area contributed by atoms with Crippen molar-refractivity contribution >= 4 is 11.7 Å². The third kappa shape index (κ3) is 2.46. The van der Waals surface area contributed by atoms with Gasteiger partial charge in [-0.1, -0.05) is 45.9 Å². The van der Waals surface area contributed by atoms with E-state index in [2.05, 4.69) is 27.7 Å². The molecular weight excluding hydrogens is 250 g/mol. The van der Waals surface area contributed by atoms with Crippen LogP contribution in [0.4, 0.5) is 0 Å². The summed E-state index contributed by atoms with van der Waals surface area (Å²) in [5.41, 5.74) is 0.673. The van der Waals surface area contributed by atoms with Gasteiger partial charge in [-0.2, -0.15) is 0 Å². The van der Waals surface area contributed by atoms with Gasteiger partial charge in [-0.05, 0) is 19.3 Å². The molecule has 3 heteroatoms. The first-order valence-electron chi connectivity index (χ1n) is 7.27. The molecule has 110 valence electrons. The summed E-state index contributed by atoms with van der Waals surface area (Å²) in [6, 6.07) is 0.181. The van der Waals surface area contributed by atoms with Crippen molar-refractivity contribution in [1.29, 1.82) is 0 Å². The first-order valence-corrected chi connectivity index (χ1v) is 7.27. The van der Waals surface area contributed by atoms with Gasteiger partial charge in [0.2, 0.25) is 5.90 Å². The third-order valence-corrected chi connectivity index (χ3v) is 4.74. The summed E-state index contributed by atoms with van der Waals surface area (Å²) in [4.78, 5) is 16.7. The third-order valence-electron chi connectivity index (χ3n) is 4.74. The zero-order valence-corrected chi connectivity index (χ0v) is 13.4. The van der Waals surface area contributed by atoms with E-state index >= 15 is 0 Å². The van der Waals surface area contributed by atoms with Crippen LogP contribution in [0.2, 0.25) is 0 Å². The maximum atomic E-state index is 12.0. The van der Waals surface area contributed by atoms with E-state index in [-0.39, 0.29) is 23.2 Å². The van der Waals surface area contributed by atoms with Crippen molar-refractivity contribution in [3.63, 3.8) is 0 Å². The Labute approximate surface area is 121 Å². The number of allylic oxidation sites excluding steroid dienone is 3. The first kappa shape index (κ1) is 15.0. The summed E-state index contributed by atoms with van der Waals surface area (Å²) >= 11 is 0. The largest absolute Gasteiger partial charge is 0.475 e. The lowest BCUT2D eigenvalue weighted by Crippen LogP contribution is -2.35. The normalized spacial score (nSPS) is 33.5. The van der Waals surface area contributed by atoms with Crippen molar-refractivity contribution in [2.45, 2.75) is 47.6 Å². The number of hydrogen-bond acceptors (Lipinski definition) is 3. The summed E-state index contributed by atoms with van der Waals surface area (Å²) in [6.07, 6.45) is 5.96. The van der Waals surface area contributed by atoms with Gasteiger partial charge in [0.25, 0.3) is 0 Å². The summed E-state index contributed by atoms with van der Waals surface area (Å²) in [6.45, 7) is 12.9. The first-order chi connectivity index (χ1) is 9.16. The molecule has 0 unspecified atom stereocenters. The van der Waals surface area contributed by atoms with E-state index in [0.29, 0.717) is 12.5 Å². The monoisotopic (exact) mass is 275 g/mol. The topological polar surface area (TPSA) is 38.7 Å². The van der Waals surface area contributed by atoms with Crippen LogP contribution in [0, 0.1) is 16.7 Å². The number of hydrogen-bond donors (Lipinski definition) is 0. The summed E-state index contributed by atoms with van der Waals surface area (Å²) in [5.74, 6) is 0.981. The Kier molecular flexibility index (Phi) is 3.66. The molecule has 1 heterocycles. The molecule has 0 bridgehead atoms. The average molecular weight is 275 g/mol. The van der Waals surface area contributed by atoms with Crippen LogP contribution in [0.5, 0.6) is 0 Å². The second-order valence-corrected chi connectivity index (χ2v) is 7.17. The van der Waals surface area contributed by atoms with E-state index in [1.165, 1.54) is 0 Å². The minimum atomic E-state index is -0.463. The number of Topliss-reactive ketones (excluding diaryl/α,β-unsaturated/α-hetero) is 1. The molecule has 0 saturated carbocycles. The van der Waals surface area contributed by atoms with Crippen LogP contribution in [0.15, 0.2) is 28.8 Å². The summed E-state index contributed by atoms with van der Waals surface area (Å²) < 4.78 is 5.81. The molecule has 0 saturated heterocycles. The second-order valence-electron chi connectivity index (χ2n) is 7.17. The maximum absolute atomic E-state index is 12.0. The predicted octanol–water partition coefficient (Wildman–Crippen LogP) is 3.56. The summed E-state index contributed by atoms with van der Waals surface area (Å²) in [5, 5.41) is 0. The van der Waals surface area contributed by atoms with Gasteiger partial charge in [0.1, 0.15) is 12.4 Å². The lowest BCUT2D eigenvalue weighted by atomic mass is 9.69. The van der Waals surface area contributed by atoms with Crippen molar-refractivity contribution < 1.29 is 9.53 Å². The molecule has 1 aliphatic carbocycles. The van der Waals surface area contributed by atoms with Crippen LogP contribution in [0.1, 0.15) is 41.5 Å². The fourth-order valence-corrected chi connectivity index (χ4v) is 2.62. The fraction of sp³-hybridized carbons (Fsp3) is 0.647. The fourth-order valence-electron chi connectivity index (χ4n) is 2.62. The van der Waals surface area contributed by atoms with Crippen molar-refractivity contribution in [3.05, 3.63) is 23.8 Å². The molecular formula is C17H25NO2. The van der Waals surface area contributed by atoms with E-state index in [1.807, 2.05) is 25.2 Å². The van der Waals surface area contributed by atoms with Gasteiger partial charge in [0.05, 0.1) is 11.5 Å². The van der Waals surface area contributed by atoms with Crippen LogP contribution in [0.25, 0.3) is 0 Å². The highest BCUT2D eigenvalue weighted by Crippen LogP contribution is 2.40. The van der Waals surface area contributed by atoms with E-state index in [0.717, 1.165) is 5.57 Å². The number of carbonyl (C=O) groups excluding carboxylic acids is 1. The molecule has 20 heavy (non-hydrogen) atoms. The average Bonchev–Trinajstić information content (AvgIpc) is 2.81. The number of nitrogens with zero attached hydrogens (tertiary/aromatic N) is 1. The van der Waals surface area contributed by atoms with E-state index < -0.39 is 5.41 Å². The van der Waals surface area contributed by atoms with E-state index in [1.54, 1.807) is 6.92 Å². The highest BCUT2D eigenvalue weighted by Gasteiger charge is 2.41. The number of ether oxygens (including phenoxy) is 1. The lowest BCUT2D eigenvalue weighted by Gasteiger charge is -2.34. The Morgan fingerprint density at radius 1 is 1.45 bits per heavy atom. The summed E-state index contributed by atoms with van der Waals surface area (Å²) in [7, 11) is 0. The molecule has 0 aromatic carbocycles. The van der Waals surface area contributed by atoms with Crippen LogP contribution < -0.4 is 0 Å². The van der Waals surface area contributed by atoms with Gasteiger partial charge in [-0.15, -0.1) is 0 Å². The molecule has 2 rings (SSSR count). The molecule has 0 fully saturated rings. The SMILES string of the molecule is CC(=O)[C@@]1(C)C=CC=C(C2=N[C@@H](C(C)(C)C)CO2)[C@H]1C. The van der Waals surface area contributed by atoms with Gasteiger partial charge in [-0.3, -0.25) is 4.79 Å². The molecule has 3 atom stereocenters. The van der Waals surface area contributed by atoms with Gasteiger partial charge < -0.3 is 4.74 Å². The Balaban J connectivity index is 2.29. The molecule has 0 aromatic heterocycles. The van der Waals surface area contributed by atoms with Crippen molar-refractivity contribution in [2.24, 2.45) is 21.7 Å². The Hall–Kier alpha value is -1.38.